The molecule has 2 aliphatic heterocycles. The molecule has 0 N–H and O–H groups in total. The molecule has 17 rings (SSSR count). The zero-order valence-corrected chi connectivity index (χ0v) is 38.1. The predicted octanol–water partition coefficient (Wildman–Crippen LogP) is 12.7. The molecule has 0 radical (unpaired) electrons. The maximum Gasteiger partial charge on any atom is 0.252 e. The van der Waals surface area contributed by atoms with Crippen molar-refractivity contribution in [3.05, 3.63) is 173 Å². The Kier molecular flexibility index (Phi) is 6.19. The Hall–Kier alpha value is -8.42. The summed E-state index contributed by atoms with van der Waals surface area (Å²) in [4.78, 5) is 12.0. The van der Waals surface area contributed by atoms with Crippen LogP contribution in [0.5, 0.6) is 0 Å². The van der Waals surface area contributed by atoms with Crippen LogP contribution in [0.2, 0.25) is 0 Å². The van der Waals surface area contributed by atoms with E-state index < -0.39 is 0 Å². The zero-order valence-electron chi connectivity index (χ0n) is 38.1. The minimum Gasteiger partial charge on any atom is -0.306 e. The molecule has 8 heterocycles. The van der Waals surface area contributed by atoms with Gasteiger partial charge in [0, 0.05) is 65.6 Å². The van der Waals surface area contributed by atoms with E-state index in [9.17, 15) is 0 Å². The first-order valence-corrected chi connectivity index (χ1v) is 23.9. The quantitative estimate of drug-likeness (QED) is 0.163. The number of benzene rings is 9. The molecule has 0 fully saturated rings. The second-order valence-electron chi connectivity index (χ2n) is 20.0. The number of imidazole rings is 2. The van der Waals surface area contributed by atoms with Crippen molar-refractivity contribution in [2.45, 2.75) is 34.6 Å². The lowest BCUT2D eigenvalue weighted by molar-refractivity contribution is 1.06. The molecule has 15 aromatic rings. The van der Waals surface area contributed by atoms with Crippen molar-refractivity contribution in [1.29, 1.82) is 0 Å². The van der Waals surface area contributed by atoms with Crippen molar-refractivity contribution in [3.8, 4) is 34.2 Å². The largest absolute Gasteiger partial charge is 0.306 e. The molecule has 9 aromatic carbocycles. The van der Waals surface area contributed by atoms with Crippen molar-refractivity contribution in [2.75, 3.05) is 0 Å². The topological polar surface area (TPSA) is 44.5 Å². The molecular weight excluding hydrogens is 828 g/mol. The van der Waals surface area contributed by atoms with Gasteiger partial charge in [-0.25, -0.2) is 9.97 Å². The molecule has 2 aliphatic rings. The van der Waals surface area contributed by atoms with E-state index >= 15 is 0 Å². The van der Waals surface area contributed by atoms with Gasteiger partial charge < -0.3 is 8.80 Å². The van der Waals surface area contributed by atoms with Crippen molar-refractivity contribution >= 4 is 121 Å². The van der Waals surface area contributed by atoms with Crippen LogP contribution in [0, 0.1) is 34.6 Å². The molecule has 316 valence electrons. The second kappa shape index (κ2) is 11.7. The van der Waals surface area contributed by atoms with Gasteiger partial charge in [0.1, 0.15) is 22.7 Å². The average molecular weight is 867 g/mol. The smallest absolute Gasteiger partial charge is 0.252 e. The molecule has 0 amide bonds. The summed E-state index contributed by atoms with van der Waals surface area (Å²) in [6.45, 7) is 11.1. The molecule has 0 spiro atoms. The number of hydrogen-bond donors (Lipinski definition) is 0. The van der Waals surface area contributed by atoms with Crippen LogP contribution >= 0.6 is 0 Å². The lowest BCUT2D eigenvalue weighted by Gasteiger charge is -2.34. The van der Waals surface area contributed by atoms with E-state index in [0.29, 0.717) is 0 Å². The highest BCUT2D eigenvalue weighted by Crippen LogP contribution is 2.47. The Balaban J connectivity index is 1.13. The molecule has 0 atom stereocenters. The molecule has 7 heteroatoms. The van der Waals surface area contributed by atoms with Gasteiger partial charge in [0.05, 0.1) is 44.1 Å². The third kappa shape index (κ3) is 3.89. The Bertz CT molecular complexity index is 4520. The summed E-state index contributed by atoms with van der Waals surface area (Å²) in [6.07, 6.45) is 0. The van der Waals surface area contributed by atoms with Gasteiger partial charge >= 0.3 is 0 Å². The number of hydrogen-bond acceptors (Lipinski definition) is 2. The van der Waals surface area contributed by atoms with Crippen LogP contribution in [0.25, 0.3) is 132 Å². The summed E-state index contributed by atoms with van der Waals surface area (Å²) in [5, 5.41) is 10.1. The maximum absolute atomic E-state index is 5.98. The maximum atomic E-state index is 5.98. The van der Waals surface area contributed by atoms with Gasteiger partial charge in [-0.05, 0) is 103 Å². The molecule has 6 nitrogen and oxygen atoms in total. The summed E-state index contributed by atoms with van der Waals surface area (Å²) in [6, 6.07) is 54.8. The first-order valence-electron chi connectivity index (χ1n) is 23.9. The Labute approximate surface area is 389 Å². The predicted molar refractivity (Wildman–Crippen MR) is 284 cm³/mol. The van der Waals surface area contributed by atoms with Gasteiger partial charge in [0.15, 0.2) is 0 Å². The normalized spacial score (nSPS) is 13.3. The number of nitrogens with zero attached hydrogens (tertiary/aromatic N) is 6. The van der Waals surface area contributed by atoms with E-state index in [1.165, 1.54) is 154 Å². The van der Waals surface area contributed by atoms with Crippen LogP contribution in [-0.2, 0) is 0 Å². The van der Waals surface area contributed by atoms with Crippen LogP contribution in [0.4, 0.5) is 0 Å². The summed E-state index contributed by atoms with van der Waals surface area (Å²) < 4.78 is 10.2. The van der Waals surface area contributed by atoms with Gasteiger partial charge in [-0.3, -0.25) is 9.13 Å². The van der Waals surface area contributed by atoms with E-state index in [1.807, 2.05) is 0 Å². The highest BCUT2D eigenvalue weighted by Gasteiger charge is 2.44. The second-order valence-corrected chi connectivity index (χ2v) is 20.0. The van der Waals surface area contributed by atoms with Crippen molar-refractivity contribution in [3.63, 3.8) is 0 Å². The number of fused-ring (bicyclic) bond motifs is 18. The van der Waals surface area contributed by atoms with E-state index in [0.717, 1.165) is 22.7 Å². The van der Waals surface area contributed by atoms with Gasteiger partial charge in [0.2, 0.25) is 0 Å². The zero-order chi connectivity index (χ0) is 44.7. The Morgan fingerprint density at radius 1 is 0.368 bits per heavy atom. The lowest BCUT2D eigenvalue weighted by Crippen LogP contribution is -2.59. The average Bonchev–Trinajstić information content (AvgIpc) is 4.19. The first-order chi connectivity index (χ1) is 33.4. The van der Waals surface area contributed by atoms with Gasteiger partial charge in [-0.1, -0.05) is 121 Å². The summed E-state index contributed by atoms with van der Waals surface area (Å²) >= 11 is 0. The molecular formula is C61H39BN6. The van der Waals surface area contributed by atoms with Crippen LogP contribution in [-0.4, -0.2) is 34.6 Å². The minimum atomic E-state index is -0.0990. The summed E-state index contributed by atoms with van der Waals surface area (Å²) in [5.41, 5.74) is 26.5. The van der Waals surface area contributed by atoms with E-state index in [2.05, 4.69) is 198 Å². The monoisotopic (exact) mass is 866 g/mol. The minimum absolute atomic E-state index is 0.0990. The SMILES string of the molecule is Cc1cc2c3c(c1)-n1c(-c4c(C)cccc4C)nc4c1c(cc1c5cccc6c7ccccc7n(c65)c14)B3c1cc3c4cccc5c6ccccc6n(c54)c3c3nc(-c4c(C)cccc4C)n-2c13. The third-order valence-electron chi connectivity index (χ3n) is 16.4. The summed E-state index contributed by atoms with van der Waals surface area (Å²) in [7, 11) is 0. The molecule has 0 unspecified atom stereocenters. The fraction of sp³-hybridized carbons (Fsp3) is 0.0820. The van der Waals surface area contributed by atoms with Crippen molar-refractivity contribution in [2.24, 2.45) is 0 Å². The van der Waals surface area contributed by atoms with Crippen molar-refractivity contribution in [1.82, 2.24) is 27.9 Å². The van der Waals surface area contributed by atoms with E-state index in [-0.39, 0.29) is 6.71 Å². The summed E-state index contributed by atoms with van der Waals surface area (Å²) in [5.74, 6) is 1.98. The Morgan fingerprint density at radius 3 is 1.19 bits per heavy atom. The highest BCUT2D eigenvalue weighted by atomic mass is 15.1. The van der Waals surface area contributed by atoms with E-state index in [1.54, 1.807) is 0 Å². The molecule has 0 saturated heterocycles. The van der Waals surface area contributed by atoms with Crippen LogP contribution < -0.4 is 16.4 Å². The number of aromatic nitrogens is 6. The standard InChI is InChI=1S/C61H39BN6/c1-30-26-47-51-48(27-30)68-59-44(29-42-40-23-13-21-38-36-19-7-9-25-46(36)66(55(38)40)57(42)53(59)64-61(68)50-33(4)16-11-17-34(50)5)62(51)43-28-41-39-22-12-20-37-35-18-6-8-24-45(35)65(54(37)39)56(41)52-58(43)67(47)60(63-52)49-31(2)14-10-15-32(49)3/h6-29H,1-5H3. The molecule has 0 bridgehead atoms. The fourth-order valence-electron chi connectivity index (χ4n) is 13.8. The lowest BCUT2D eigenvalue weighted by atomic mass is 9.34. The van der Waals surface area contributed by atoms with Crippen LogP contribution in [0.15, 0.2) is 146 Å². The number of aryl methyl sites for hydroxylation is 5. The van der Waals surface area contributed by atoms with Crippen LogP contribution in [0.1, 0.15) is 27.8 Å². The van der Waals surface area contributed by atoms with Crippen molar-refractivity contribution < 1.29 is 0 Å². The van der Waals surface area contributed by atoms with Gasteiger partial charge in [0.25, 0.3) is 6.71 Å². The Morgan fingerprint density at radius 2 is 0.750 bits per heavy atom. The number of rotatable bonds is 2. The van der Waals surface area contributed by atoms with Crippen LogP contribution in [0.3, 0.4) is 0 Å². The van der Waals surface area contributed by atoms with Gasteiger partial charge in [-0.2, -0.15) is 0 Å². The van der Waals surface area contributed by atoms with E-state index in [4.69, 9.17) is 9.97 Å². The molecule has 0 saturated carbocycles. The fourth-order valence-corrected chi connectivity index (χ4v) is 13.8. The highest BCUT2D eigenvalue weighted by molar-refractivity contribution is 7.00. The number of para-hydroxylation sites is 4. The first kappa shape index (κ1) is 35.8. The third-order valence-corrected chi connectivity index (χ3v) is 16.4. The molecule has 0 aliphatic carbocycles. The van der Waals surface area contributed by atoms with Gasteiger partial charge in [-0.15, -0.1) is 0 Å². The molecule has 68 heavy (non-hydrogen) atoms. The molecule has 6 aromatic heterocycles.